The normalized spacial score (nSPS) is 12.2. The summed E-state index contributed by atoms with van der Waals surface area (Å²) in [5, 5.41) is 16.7. The average molecular weight is 206 g/mol. The van der Waals surface area contributed by atoms with Crippen molar-refractivity contribution in [3.05, 3.63) is 0 Å². The van der Waals surface area contributed by atoms with Crippen molar-refractivity contribution in [2.45, 2.75) is 19.3 Å². The number of halogens is 2. The van der Waals surface area contributed by atoms with Crippen molar-refractivity contribution in [2.75, 3.05) is 12.0 Å². The van der Waals surface area contributed by atoms with Gasteiger partial charge in [-0.2, -0.15) is 18.3 Å². The fraction of sp³-hybridized carbons (Fsp3) is 0.750. The fourth-order valence-corrected chi connectivity index (χ4v) is 1.57. The number of hydrogen-bond donors (Lipinski definition) is 0. The third-order valence-corrected chi connectivity index (χ3v) is 2.56. The molecule has 13 heavy (non-hydrogen) atoms. The predicted molar refractivity (Wildman–Crippen MR) is 49.2 cm³/mol. The Morgan fingerprint density at radius 1 is 1.23 bits per heavy atom. The van der Waals surface area contributed by atoms with Gasteiger partial charge in [-0.1, -0.05) is 6.42 Å². The Labute approximate surface area is 79.1 Å². The molecule has 0 aromatic heterocycles. The van der Waals surface area contributed by atoms with Crippen molar-refractivity contribution in [1.29, 1.82) is 10.5 Å². The smallest absolute Gasteiger partial charge is 0.133 e. The van der Waals surface area contributed by atoms with Crippen LogP contribution in [0.25, 0.3) is 0 Å². The van der Waals surface area contributed by atoms with Gasteiger partial charge in [-0.05, 0) is 12.8 Å². The van der Waals surface area contributed by atoms with E-state index in [9.17, 15) is 7.77 Å². The van der Waals surface area contributed by atoms with E-state index in [1.54, 1.807) is 0 Å². The number of nitriles is 2. The van der Waals surface area contributed by atoms with Gasteiger partial charge in [0.25, 0.3) is 0 Å². The predicted octanol–water partition coefficient (Wildman–Crippen LogP) is 3.02. The zero-order valence-electron chi connectivity index (χ0n) is 7.46. The second-order valence-electron chi connectivity index (χ2n) is 2.88. The van der Waals surface area contributed by atoms with Gasteiger partial charge in [0.15, 0.2) is 0 Å². The molecule has 0 heterocycles. The monoisotopic (exact) mass is 206 g/mol. The van der Waals surface area contributed by atoms with Gasteiger partial charge in [-0.15, -0.1) is 0 Å². The number of unbranched alkanes of at least 4 members (excludes halogenated alkanes) is 1. The number of rotatable bonds is 5. The van der Waals surface area contributed by atoms with Crippen LogP contribution in [0.4, 0.5) is 7.77 Å². The molecule has 2 nitrogen and oxygen atoms in total. The van der Waals surface area contributed by atoms with E-state index in [1.165, 1.54) is 0 Å². The van der Waals surface area contributed by atoms with Crippen LogP contribution in [0.3, 0.4) is 0 Å². The summed E-state index contributed by atoms with van der Waals surface area (Å²) in [6.45, 7) is 0. The van der Waals surface area contributed by atoms with Crippen LogP contribution >= 0.6 is 10.8 Å². The highest BCUT2D eigenvalue weighted by Crippen LogP contribution is 2.47. The highest BCUT2D eigenvalue weighted by Gasteiger charge is 2.14. The second-order valence-corrected chi connectivity index (χ2v) is 5.04. The lowest BCUT2D eigenvalue weighted by atomic mass is 10.1. The summed E-state index contributed by atoms with van der Waals surface area (Å²) >= 11 is 0. The number of nitrogens with zero attached hydrogens (tertiary/aromatic N) is 2. The third-order valence-electron chi connectivity index (χ3n) is 1.56. The average Bonchev–Trinajstić information content (AvgIpc) is 2.03. The lowest BCUT2D eigenvalue weighted by Crippen LogP contribution is -1.95. The molecule has 0 amide bonds. The van der Waals surface area contributed by atoms with E-state index in [2.05, 4.69) is 0 Å². The Bertz CT molecular complexity index is 210. The zero-order valence-corrected chi connectivity index (χ0v) is 8.28. The van der Waals surface area contributed by atoms with E-state index in [0.717, 1.165) is 6.26 Å². The molecule has 0 saturated heterocycles. The van der Waals surface area contributed by atoms with Crippen LogP contribution < -0.4 is 0 Å². The third kappa shape index (κ3) is 7.55. The summed E-state index contributed by atoms with van der Waals surface area (Å²) in [5.41, 5.74) is 0. The summed E-state index contributed by atoms with van der Waals surface area (Å²) < 4.78 is 24.7. The van der Waals surface area contributed by atoms with Crippen molar-refractivity contribution in [3.63, 3.8) is 0 Å². The minimum Gasteiger partial charge on any atom is -0.197 e. The SMILES string of the molecule is CS(F)(F)CCCCC(C#N)C#N. The summed E-state index contributed by atoms with van der Waals surface area (Å²) in [7, 11) is -3.40. The summed E-state index contributed by atoms with van der Waals surface area (Å²) in [6.07, 6.45) is 2.29. The Balaban J connectivity index is 3.49. The molecule has 0 unspecified atom stereocenters. The largest absolute Gasteiger partial charge is 0.197 e. The van der Waals surface area contributed by atoms with Gasteiger partial charge in [-0.25, -0.2) is 0 Å². The Kier molecular flexibility index (Phi) is 5.41. The topological polar surface area (TPSA) is 47.6 Å². The van der Waals surface area contributed by atoms with Crippen molar-refractivity contribution in [2.24, 2.45) is 5.92 Å². The minimum absolute atomic E-state index is 0.0867. The van der Waals surface area contributed by atoms with E-state index in [-0.39, 0.29) is 5.75 Å². The molecule has 0 aliphatic rings. The highest BCUT2D eigenvalue weighted by molar-refractivity contribution is 8.24. The van der Waals surface area contributed by atoms with E-state index in [4.69, 9.17) is 10.5 Å². The van der Waals surface area contributed by atoms with Crippen LogP contribution in [-0.2, 0) is 0 Å². The molecule has 0 saturated carbocycles. The van der Waals surface area contributed by atoms with Crippen LogP contribution in [0, 0.1) is 28.6 Å². The maximum Gasteiger partial charge on any atom is 0.133 e. The molecular formula is C8H12F2N2S. The van der Waals surface area contributed by atoms with Crippen LogP contribution in [0.5, 0.6) is 0 Å². The maximum atomic E-state index is 12.4. The maximum absolute atomic E-state index is 12.4. The first-order valence-electron chi connectivity index (χ1n) is 3.94. The van der Waals surface area contributed by atoms with Gasteiger partial charge < -0.3 is 0 Å². The Hall–Kier alpha value is -0.810. The van der Waals surface area contributed by atoms with Gasteiger partial charge in [0.05, 0.1) is 22.9 Å². The molecule has 0 spiro atoms. The summed E-state index contributed by atoms with van der Waals surface area (Å²) in [4.78, 5) is 0. The Morgan fingerprint density at radius 3 is 2.15 bits per heavy atom. The molecule has 0 atom stereocenters. The summed E-state index contributed by atoms with van der Waals surface area (Å²) in [6, 6.07) is 3.62. The molecule has 0 bridgehead atoms. The van der Waals surface area contributed by atoms with Crippen LogP contribution in [0.1, 0.15) is 19.3 Å². The highest BCUT2D eigenvalue weighted by atomic mass is 32.3. The van der Waals surface area contributed by atoms with Crippen molar-refractivity contribution in [1.82, 2.24) is 0 Å². The molecular weight excluding hydrogens is 194 g/mol. The number of hydrogen-bond acceptors (Lipinski definition) is 2. The lowest BCUT2D eigenvalue weighted by molar-refractivity contribution is 0.648. The lowest BCUT2D eigenvalue weighted by Gasteiger charge is -2.13. The molecule has 74 valence electrons. The van der Waals surface area contributed by atoms with Gasteiger partial charge in [0.2, 0.25) is 0 Å². The molecule has 0 aliphatic carbocycles. The molecule has 0 aliphatic heterocycles. The summed E-state index contributed by atoms with van der Waals surface area (Å²) in [5.74, 6) is -0.725. The molecule has 0 N–H and O–H groups in total. The van der Waals surface area contributed by atoms with E-state index >= 15 is 0 Å². The van der Waals surface area contributed by atoms with Crippen molar-refractivity contribution < 1.29 is 7.77 Å². The van der Waals surface area contributed by atoms with E-state index < -0.39 is 16.7 Å². The zero-order chi connectivity index (χ0) is 10.3. The molecule has 0 radical (unpaired) electrons. The van der Waals surface area contributed by atoms with Crippen molar-refractivity contribution >= 4 is 10.8 Å². The van der Waals surface area contributed by atoms with Crippen LogP contribution in [0.15, 0.2) is 0 Å². The fourth-order valence-electron chi connectivity index (χ4n) is 0.862. The first-order chi connectivity index (χ1) is 5.99. The van der Waals surface area contributed by atoms with Gasteiger partial charge in [0.1, 0.15) is 5.92 Å². The van der Waals surface area contributed by atoms with E-state index in [0.29, 0.717) is 19.3 Å². The molecule has 5 heteroatoms. The van der Waals surface area contributed by atoms with Crippen LogP contribution in [0.2, 0.25) is 0 Å². The molecule has 0 aromatic rings. The standard InChI is InChI=1S/C8H12F2N2S/c1-13(9,10)5-3-2-4-8(6-11)7-12/h8H,2-5H2,1H3. The van der Waals surface area contributed by atoms with Gasteiger partial charge in [-0.3, -0.25) is 0 Å². The Morgan fingerprint density at radius 2 is 1.77 bits per heavy atom. The van der Waals surface area contributed by atoms with Gasteiger partial charge in [0, 0.05) is 12.0 Å². The molecule has 0 rings (SSSR count). The quantitative estimate of drug-likeness (QED) is 0.649. The first kappa shape index (κ1) is 12.2. The minimum atomic E-state index is -3.40. The second kappa shape index (κ2) is 5.77. The molecule has 0 fully saturated rings. The molecule has 0 aromatic carbocycles. The van der Waals surface area contributed by atoms with Crippen molar-refractivity contribution in [3.8, 4) is 12.1 Å². The van der Waals surface area contributed by atoms with Crippen LogP contribution in [-0.4, -0.2) is 12.0 Å². The van der Waals surface area contributed by atoms with Gasteiger partial charge >= 0.3 is 0 Å². The first-order valence-corrected chi connectivity index (χ1v) is 5.95. The van der Waals surface area contributed by atoms with E-state index in [1.807, 2.05) is 12.1 Å².